The molecule has 0 spiro atoms. The first-order chi connectivity index (χ1) is 28.7. The minimum Gasteiger partial charge on any atom is -0.458 e. The quantitative estimate of drug-likeness (QED) is 0.0688. The Morgan fingerprint density at radius 1 is 0.333 bits per heavy atom. The monoisotopic (exact) mass is 1180 g/mol. The molecule has 0 N–H and O–H groups in total. The summed E-state index contributed by atoms with van der Waals surface area (Å²) in [6.45, 7) is 0. The van der Waals surface area contributed by atoms with E-state index >= 15 is 0 Å². The molecule has 0 atom stereocenters. The molecule has 0 amide bonds. The molecular formula is C54H40Au2O2P2+2. The van der Waals surface area contributed by atoms with Crippen LogP contribution in [-0.2, 0) is 44.8 Å². The van der Waals surface area contributed by atoms with Crippen molar-refractivity contribution in [2.45, 2.75) is 0 Å². The molecule has 6 heteroatoms. The van der Waals surface area contributed by atoms with E-state index < -0.39 is 15.8 Å². The summed E-state index contributed by atoms with van der Waals surface area (Å²) in [6.07, 6.45) is 16.6. The Morgan fingerprint density at radius 3 is 0.933 bits per heavy atom. The Kier molecular flexibility index (Phi) is 16.2. The van der Waals surface area contributed by atoms with Gasteiger partial charge in [0.2, 0.25) is 0 Å². The van der Waals surface area contributed by atoms with Crippen molar-refractivity contribution in [3.63, 3.8) is 0 Å². The zero-order valence-electron chi connectivity index (χ0n) is 32.5. The molecule has 0 aliphatic carbocycles. The summed E-state index contributed by atoms with van der Waals surface area (Å²) < 4.78 is 11.3. The van der Waals surface area contributed by atoms with Crippen LogP contribution in [0.2, 0.25) is 0 Å². The SMILES string of the molecule is [Au+].[Au+].[C-]#Cc1ccc2c(c1)oc1ccccc12.[C-]#Cc1ccc2c(c1)oc1ccccc12.c1ccc([PH+](CC[PH+](c2ccccc2)c2ccccc2)c2ccccc2)cc1. The van der Waals surface area contributed by atoms with Crippen molar-refractivity contribution < 1.29 is 53.6 Å². The average molecular weight is 1180 g/mol. The van der Waals surface area contributed by atoms with Crippen molar-refractivity contribution >= 4 is 80.9 Å². The molecule has 298 valence electrons. The van der Waals surface area contributed by atoms with Crippen LogP contribution in [0.1, 0.15) is 11.1 Å². The molecule has 0 unspecified atom stereocenters. The summed E-state index contributed by atoms with van der Waals surface area (Å²) in [5.41, 5.74) is 4.87. The standard InChI is InChI=1S/C26H24P2.2C14H7O.2Au/c1-5-13-23(14-6-1)27(24-15-7-2-8-16-24)21-22-28(25-17-9-3-10-18-25)26-19-11-4-12-20-26;2*1-2-10-7-8-12-11-5-3-4-6-13(11)15-14(12)9-10;;/h1-20H,21-22H2;2*3-9H;;/q;2*-1;2*+1/p+2. The number of fused-ring (bicyclic) bond motifs is 6. The van der Waals surface area contributed by atoms with Crippen LogP contribution in [0.25, 0.3) is 43.9 Å². The van der Waals surface area contributed by atoms with E-state index in [1.165, 1.54) is 33.5 Å². The molecule has 2 nitrogen and oxygen atoms in total. The molecule has 0 saturated heterocycles. The van der Waals surface area contributed by atoms with E-state index in [1.807, 2.05) is 84.9 Å². The van der Waals surface area contributed by atoms with E-state index in [2.05, 4.69) is 133 Å². The van der Waals surface area contributed by atoms with E-state index in [0.717, 1.165) is 55.0 Å². The number of benzene rings is 8. The zero-order chi connectivity index (χ0) is 39.5. The average Bonchev–Trinajstić information content (AvgIpc) is 3.87. The second-order valence-corrected chi connectivity index (χ2v) is 19.0. The van der Waals surface area contributed by atoms with E-state index in [1.54, 1.807) is 0 Å². The molecule has 8 aromatic carbocycles. The first-order valence-corrected chi connectivity index (χ1v) is 22.7. The van der Waals surface area contributed by atoms with Crippen LogP contribution in [0.4, 0.5) is 0 Å². The second-order valence-electron chi connectivity index (χ2n) is 13.8. The van der Waals surface area contributed by atoms with Gasteiger partial charge in [-0.05, 0) is 60.7 Å². The van der Waals surface area contributed by atoms with Crippen LogP contribution in [0.5, 0.6) is 0 Å². The van der Waals surface area contributed by atoms with Gasteiger partial charge in [0.15, 0.2) is 0 Å². The summed E-state index contributed by atoms with van der Waals surface area (Å²) in [4.78, 5) is 0. The van der Waals surface area contributed by atoms with E-state index in [9.17, 15) is 0 Å². The van der Waals surface area contributed by atoms with E-state index in [0.29, 0.717) is 0 Å². The maximum Gasteiger partial charge on any atom is 1.00 e. The van der Waals surface area contributed by atoms with Gasteiger partial charge in [-0.25, -0.2) is 0 Å². The second kappa shape index (κ2) is 21.9. The third kappa shape index (κ3) is 10.6. The van der Waals surface area contributed by atoms with Gasteiger partial charge < -0.3 is 21.7 Å². The van der Waals surface area contributed by atoms with Gasteiger partial charge in [-0.3, -0.25) is 11.8 Å². The van der Waals surface area contributed by atoms with Gasteiger partial charge in [-0.1, -0.05) is 133 Å². The van der Waals surface area contributed by atoms with Crippen LogP contribution in [-0.4, -0.2) is 12.3 Å². The van der Waals surface area contributed by atoms with Crippen molar-refractivity contribution in [1.82, 2.24) is 0 Å². The molecule has 10 aromatic rings. The van der Waals surface area contributed by atoms with Gasteiger partial charge in [0.25, 0.3) is 0 Å². The Bertz CT molecular complexity index is 2700. The molecule has 2 aromatic heterocycles. The molecule has 0 aliphatic heterocycles. The van der Waals surface area contributed by atoms with Crippen LogP contribution >= 0.6 is 15.8 Å². The van der Waals surface area contributed by atoms with Gasteiger partial charge in [-0.2, -0.15) is 0 Å². The molecule has 10 rings (SSSR count). The fourth-order valence-corrected chi connectivity index (χ4v) is 13.5. The zero-order valence-corrected chi connectivity index (χ0v) is 38.8. The Morgan fingerprint density at radius 2 is 0.617 bits per heavy atom. The fourth-order valence-electron chi connectivity index (χ4n) is 7.33. The smallest absolute Gasteiger partial charge is 0.458 e. The van der Waals surface area contributed by atoms with Crippen molar-refractivity contribution in [2.24, 2.45) is 0 Å². The van der Waals surface area contributed by atoms with Crippen molar-refractivity contribution in [3.05, 3.63) is 230 Å². The molecule has 0 bridgehead atoms. The topological polar surface area (TPSA) is 26.3 Å². The summed E-state index contributed by atoms with van der Waals surface area (Å²) in [7, 11) is -1.57. The Balaban J connectivity index is 0.000000160. The number of para-hydroxylation sites is 2. The Hall–Kier alpha value is -5.18. The molecular weight excluding hydrogens is 1140 g/mol. The van der Waals surface area contributed by atoms with Gasteiger partial charge in [-0.15, -0.1) is 23.3 Å². The summed E-state index contributed by atoms with van der Waals surface area (Å²) in [6, 6.07) is 71.7. The van der Waals surface area contributed by atoms with Crippen molar-refractivity contribution in [1.29, 1.82) is 0 Å². The molecule has 0 fully saturated rings. The first-order valence-electron chi connectivity index (χ1n) is 19.3. The third-order valence-corrected chi connectivity index (χ3v) is 16.3. The van der Waals surface area contributed by atoms with Gasteiger partial charge in [0, 0.05) is 21.5 Å². The number of hydrogen-bond acceptors (Lipinski definition) is 2. The third-order valence-electron chi connectivity index (χ3n) is 10.2. The molecule has 2 heterocycles. The number of rotatable bonds is 7. The largest absolute Gasteiger partial charge is 1.00 e. The molecule has 0 aliphatic rings. The Labute approximate surface area is 385 Å². The van der Waals surface area contributed by atoms with Crippen LogP contribution < -0.4 is 21.2 Å². The van der Waals surface area contributed by atoms with Gasteiger partial charge >= 0.3 is 44.8 Å². The first kappa shape index (κ1) is 44.4. The molecule has 0 radical (unpaired) electrons. The van der Waals surface area contributed by atoms with Crippen LogP contribution in [0.3, 0.4) is 0 Å². The van der Waals surface area contributed by atoms with Crippen LogP contribution in [0.15, 0.2) is 215 Å². The van der Waals surface area contributed by atoms with E-state index in [4.69, 9.17) is 21.7 Å². The van der Waals surface area contributed by atoms with Crippen molar-refractivity contribution in [3.8, 4) is 11.8 Å². The van der Waals surface area contributed by atoms with Gasteiger partial charge in [0.1, 0.15) is 34.7 Å². The predicted molar refractivity (Wildman–Crippen MR) is 251 cm³/mol. The van der Waals surface area contributed by atoms with Gasteiger partial charge in [0.05, 0.1) is 37.1 Å². The minimum atomic E-state index is -0.783. The van der Waals surface area contributed by atoms with E-state index in [-0.39, 0.29) is 44.8 Å². The molecule has 0 saturated carbocycles. The van der Waals surface area contributed by atoms with Crippen molar-refractivity contribution in [2.75, 3.05) is 12.3 Å². The maximum absolute atomic E-state index is 7.06. The number of furan rings is 2. The minimum absolute atomic E-state index is 0. The summed E-state index contributed by atoms with van der Waals surface area (Å²) >= 11 is 0. The summed E-state index contributed by atoms with van der Waals surface area (Å²) in [5.74, 6) is 4.71. The van der Waals surface area contributed by atoms with Crippen LogP contribution in [0, 0.1) is 24.7 Å². The fraction of sp³-hybridized carbons (Fsp3) is 0.0370. The number of hydrogen-bond donors (Lipinski definition) is 0. The normalized spacial score (nSPS) is 10.5. The predicted octanol–water partition coefficient (Wildman–Crippen LogP) is 11.8. The maximum atomic E-state index is 7.06. The molecule has 60 heavy (non-hydrogen) atoms. The summed E-state index contributed by atoms with van der Waals surface area (Å²) in [5, 5.41) is 10.5.